The standard InChI is InChI=1S/C14H15N3O/c1-3-10-15-14-9-8-13(16-17-14)11-4-6-12(18-2)7-5-11/h3-9H,1,10H2,2H3,(H,15,17). The molecule has 0 aliphatic rings. The normalized spacial score (nSPS) is 9.83. The number of rotatable bonds is 5. The summed E-state index contributed by atoms with van der Waals surface area (Å²) in [5.41, 5.74) is 1.85. The van der Waals surface area contributed by atoms with Gasteiger partial charge in [-0.2, -0.15) is 0 Å². The molecule has 1 aromatic carbocycles. The van der Waals surface area contributed by atoms with Crippen molar-refractivity contribution in [2.24, 2.45) is 0 Å². The van der Waals surface area contributed by atoms with Crippen LogP contribution in [0.15, 0.2) is 49.1 Å². The summed E-state index contributed by atoms with van der Waals surface area (Å²) in [6, 6.07) is 11.6. The topological polar surface area (TPSA) is 47.0 Å². The van der Waals surface area contributed by atoms with Crippen LogP contribution in [0.4, 0.5) is 5.82 Å². The summed E-state index contributed by atoms with van der Waals surface area (Å²) in [5.74, 6) is 1.57. The Balaban J connectivity index is 2.14. The van der Waals surface area contributed by atoms with E-state index in [0.29, 0.717) is 6.54 Å². The van der Waals surface area contributed by atoms with Gasteiger partial charge in [0.2, 0.25) is 0 Å². The van der Waals surface area contributed by atoms with E-state index in [4.69, 9.17) is 4.74 Å². The van der Waals surface area contributed by atoms with E-state index in [1.165, 1.54) is 0 Å². The van der Waals surface area contributed by atoms with Crippen molar-refractivity contribution >= 4 is 5.82 Å². The van der Waals surface area contributed by atoms with Gasteiger partial charge in [0.15, 0.2) is 0 Å². The molecule has 0 saturated heterocycles. The molecule has 0 aliphatic heterocycles. The Labute approximate surface area is 106 Å². The SMILES string of the molecule is C=CCNc1ccc(-c2ccc(OC)cc2)nn1. The van der Waals surface area contributed by atoms with Crippen molar-refractivity contribution in [1.82, 2.24) is 10.2 Å². The van der Waals surface area contributed by atoms with E-state index in [-0.39, 0.29) is 0 Å². The molecule has 4 nitrogen and oxygen atoms in total. The van der Waals surface area contributed by atoms with Crippen LogP contribution in [-0.4, -0.2) is 23.9 Å². The molecule has 92 valence electrons. The third-order valence-electron chi connectivity index (χ3n) is 2.48. The van der Waals surface area contributed by atoms with E-state index in [0.717, 1.165) is 22.8 Å². The highest BCUT2D eigenvalue weighted by atomic mass is 16.5. The summed E-state index contributed by atoms with van der Waals surface area (Å²) in [5, 5.41) is 11.3. The number of nitrogens with zero attached hydrogens (tertiary/aromatic N) is 2. The molecule has 0 unspecified atom stereocenters. The molecular weight excluding hydrogens is 226 g/mol. The fourth-order valence-corrected chi connectivity index (χ4v) is 1.52. The van der Waals surface area contributed by atoms with E-state index in [9.17, 15) is 0 Å². The van der Waals surface area contributed by atoms with Crippen molar-refractivity contribution < 1.29 is 4.74 Å². The van der Waals surface area contributed by atoms with E-state index >= 15 is 0 Å². The molecular formula is C14H15N3O. The fourth-order valence-electron chi connectivity index (χ4n) is 1.52. The first-order chi connectivity index (χ1) is 8.83. The Morgan fingerprint density at radius 2 is 1.94 bits per heavy atom. The van der Waals surface area contributed by atoms with Crippen LogP contribution in [0.1, 0.15) is 0 Å². The molecule has 0 fully saturated rings. The molecule has 4 heteroatoms. The van der Waals surface area contributed by atoms with Crippen LogP contribution >= 0.6 is 0 Å². The number of hydrogen-bond acceptors (Lipinski definition) is 4. The molecule has 1 heterocycles. The van der Waals surface area contributed by atoms with E-state index < -0.39 is 0 Å². The Morgan fingerprint density at radius 1 is 1.17 bits per heavy atom. The van der Waals surface area contributed by atoms with Gasteiger partial charge >= 0.3 is 0 Å². The molecule has 2 aromatic rings. The molecule has 1 N–H and O–H groups in total. The lowest BCUT2D eigenvalue weighted by Gasteiger charge is -2.04. The zero-order valence-electron chi connectivity index (χ0n) is 10.3. The van der Waals surface area contributed by atoms with E-state index in [1.807, 2.05) is 36.4 Å². The van der Waals surface area contributed by atoms with Crippen molar-refractivity contribution in [2.45, 2.75) is 0 Å². The van der Waals surface area contributed by atoms with Crippen LogP contribution in [-0.2, 0) is 0 Å². The van der Waals surface area contributed by atoms with Gasteiger partial charge in [-0.1, -0.05) is 6.08 Å². The second-order valence-electron chi connectivity index (χ2n) is 3.70. The summed E-state index contributed by atoms with van der Waals surface area (Å²) in [6.45, 7) is 4.31. The van der Waals surface area contributed by atoms with Gasteiger partial charge in [0.25, 0.3) is 0 Å². The number of nitrogens with one attached hydrogen (secondary N) is 1. The lowest BCUT2D eigenvalue weighted by Crippen LogP contribution is -2.01. The maximum atomic E-state index is 5.11. The quantitative estimate of drug-likeness (QED) is 0.818. The molecule has 0 aliphatic carbocycles. The van der Waals surface area contributed by atoms with Gasteiger partial charge in [-0.15, -0.1) is 16.8 Å². The smallest absolute Gasteiger partial charge is 0.148 e. The molecule has 0 amide bonds. The van der Waals surface area contributed by atoms with Gasteiger partial charge in [0, 0.05) is 12.1 Å². The number of hydrogen-bond donors (Lipinski definition) is 1. The fraction of sp³-hybridized carbons (Fsp3) is 0.143. The lowest BCUT2D eigenvalue weighted by molar-refractivity contribution is 0.415. The van der Waals surface area contributed by atoms with Gasteiger partial charge < -0.3 is 10.1 Å². The predicted molar refractivity (Wildman–Crippen MR) is 72.7 cm³/mol. The highest BCUT2D eigenvalue weighted by Gasteiger charge is 2.01. The first-order valence-corrected chi connectivity index (χ1v) is 5.66. The zero-order valence-corrected chi connectivity index (χ0v) is 10.3. The third-order valence-corrected chi connectivity index (χ3v) is 2.48. The minimum Gasteiger partial charge on any atom is -0.497 e. The van der Waals surface area contributed by atoms with Gasteiger partial charge in [0.05, 0.1) is 12.8 Å². The zero-order chi connectivity index (χ0) is 12.8. The maximum Gasteiger partial charge on any atom is 0.148 e. The summed E-state index contributed by atoms with van der Waals surface area (Å²) in [4.78, 5) is 0. The highest BCUT2D eigenvalue weighted by molar-refractivity contribution is 5.60. The molecule has 2 rings (SSSR count). The molecule has 0 atom stereocenters. The number of methoxy groups -OCH3 is 1. The molecule has 0 spiro atoms. The summed E-state index contributed by atoms with van der Waals surface area (Å²) in [7, 11) is 1.65. The number of anilines is 1. The Morgan fingerprint density at radius 3 is 2.50 bits per heavy atom. The monoisotopic (exact) mass is 241 g/mol. The van der Waals surface area contributed by atoms with Crippen LogP contribution in [0.3, 0.4) is 0 Å². The van der Waals surface area contributed by atoms with Crippen LogP contribution in [0.25, 0.3) is 11.3 Å². The van der Waals surface area contributed by atoms with Gasteiger partial charge in [-0.3, -0.25) is 0 Å². The summed E-state index contributed by atoms with van der Waals surface area (Å²) in [6.07, 6.45) is 1.78. The minimum absolute atomic E-state index is 0.677. The maximum absolute atomic E-state index is 5.11. The number of ether oxygens (including phenoxy) is 1. The van der Waals surface area contributed by atoms with Crippen molar-refractivity contribution in [3.05, 3.63) is 49.1 Å². The number of aromatic nitrogens is 2. The second-order valence-corrected chi connectivity index (χ2v) is 3.70. The first kappa shape index (κ1) is 12.1. The number of benzene rings is 1. The van der Waals surface area contributed by atoms with Crippen LogP contribution in [0.5, 0.6) is 5.75 Å². The van der Waals surface area contributed by atoms with Crippen LogP contribution in [0.2, 0.25) is 0 Å². The van der Waals surface area contributed by atoms with E-state index in [2.05, 4.69) is 22.1 Å². The van der Waals surface area contributed by atoms with Crippen LogP contribution < -0.4 is 10.1 Å². The first-order valence-electron chi connectivity index (χ1n) is 5.66. The summed E-state index contributed by atoms with van der Waals surface area (Å²) < 4.78 is 5.11. The minimum atomic E-state index is 0.677. The molecule has 0 radical (unpaired) electrons. The Bertz CT molecular complexity index is 506. The molecule has 18 heavy (non-hydrogen) atoms. The van der Waals surface area contributed by atoms with Crippen molar-refractivity contribution in [3.8, 4) is 17.0 Å². The van der Waals surface area contributed by atoms with Crippen LogP contribution in [0, 0.1) is 0 Å². The Hall–Kier alpha value is -2.36. The summed E-state index contributed by atoms with van der Waals surface area (Å²) >= 11 is 0. The molecule has 1 aromatic heterocycles. The van der Waals surface area contributed by atoms with E-state index in [1.54, 1.807) is 13.2 Å². The predicted octanol–water partition coefficient (Wildman–Crippen LogP) is 2.75. The van der Waals surface area contributed by atoms with Gasteiger partial charge in [-0.25, -0.2) is 0 Å². The van der Waals surface area contributed by atoms with Crippen molar-refractivity contribution in [3.63, 3.8) is 0 Å². The highest BCUT2D eigenvalue weighted by Crippen LogP contribution is 2.20. The average molecular weight is 241 g/mol. The lowest BCUT2D eigenvalue weighted by atomic mass is 10.1. The van der Waals surface area contributed by atoms with Gasteiger partial charge in [0.1, 0.15) is 11.6 Å². The Kier molecular flexibility index (Phi) is 3.91. The second kappa shape index (κ2) is 5.82. The average Bonchev–Trinajstić information content (AvgIpc) is 2.46. The van der Waals surface area contributed by atoms with Crippen molar-refractivity contribution in [1.29, 1.82) is 0 Å². The largest absolute Gasteiger partial charge is 0.497 e. The van der Waals surface area contributed by atoms with Gasteiger partial charge in [-0.05, 0) is 36.4 Å². The molecule has 0 saturated carbocycles. The third kappa shape index (κ3) is 2.85. The molecule has 0 bridgehead atoms. The van der Waals surface area contributed by atoms with Crippen molar-refractivity contribution in [2.75, 3.05) is 19.0 Å².